The Morgan fingerprint density at radius 2 is 0.643 bits per heavy atom. The number of hydrogen-bond donors (Lipinski definition) is 9. The molecule has 0 amide bonds. The minimum atomic E-state index is -4.82. The number of para-hydroxylation sites is 4. The third-order valence-corrected chi connectivity index (χ3v) is 24.6. The number of alkyl halides is 3. The lowest BCUT2D eigenvalue weighted by molar-refractivity contribution is -0.150. The van der Waals surface area contributed by atoms with Crippen molar-refractivity contribution in [2.75, 3.05) is 19.8 Å². The number of hydrogen-bond acceptors (Lipinski definition) is 31. The number of carbonyl (C=O) groups excluding carboxylic acids is 4. The number of aromatic nitrogens is 6. The van der Waals surface area contributed by atoms with Crippen LogP contribution < -0.4 is 72.2 Å². The number of rotatable bonds is 38. The Morgan fingerprint density at radius 1 is 0.397 bits per heavy atom. The Kier molecular flexibility index (Phi) is 35.3. The Balaban J connectivity index is 0.000000242. The molecule has 48 heteroatoms. The third-order valence-electron chi connectivity index (χ3n) is 18.0. The molecule has 7 aromatic rings. The Bertz CT molecular complexity index is 5400. The summed E-state index contributed by atoms with van der Waals surface area (Å²) in [5.41, 5.74) is -13.0. The number of H-pyrrole nitrogens is 3. The number of aliphatic hydroxyl groups is 2. The number of aromatic amines is 3. The number of esters is 4. The standard InChI is InChI=1S/C34H45FN4O13P2.2C22H29FN3O9P/c1-21(2)47-30(41)23(5)37-53(44,50-25-14-10-8-11-15-25)46-20-27-29(34(7,35)32(49-27)39-19-18-28(40)36-33(39)43)52-54(45,51-26-16-12-9-13-17-26)38-24(6)31(42)48-22(3)4;1-13(2)33-19(29)14(3)25-36(31,35-15-8-6-5-7-9-15)32-12-16-18(28)22(4,23)20(34-16)26-11-10-17(27)24-21(26)30;1-13(2)32-19(29)14(3)25-36(31,34-15-8-6-5-7-9-15)35-18-16(12-27)33-20(22(18,4)23)26-11-10-17(28)24-21(26)30/h8-19,21-24,27,29,32H,20H2,1-7H3,(H,37,44)(H,38,45)(H,36,40,43);5-11,13-14,16,18,20,28H,12H2,1-4H3,(H,25,31)(H,24,27,30);5-11,13-14,16,18,20,27H,12H2,1-4H3,(H,25,31)(H,24,28,30)/t23-,24-,27+,29+,32+,34+,53-,54?;2*14-,16+,18+,20+,22+,36?/m000/s1. The molecule has 10 rings (SSSR count). The minimum Gasteiger partial charge on any atom is -0.462 e. The SMILES string of the molecule is CC(C)OC(=O)[C@H](C)NP(=O)(OC[C@H]1O[C@@H](n2ccc(=O)[nH]c2=O)[C@](C)(F)[C@@H]1O)Oc1ccccc1.CC(C)OC(=O)[C@H](C)NP(=O)(Oc1ccccc1)O[C@@H]1[C@@H](CO)O[C@@H](n2ccc(=O)[nH]c2=O)[C@]1(C)F.CC(C)OC(=O)[C@H](C)NP(=O)(Oc1ccccc1)O[C@@H]1[C@@H](CO[P@@](=O)(N[C@@H](C)C(=O)OC(C)C)Oc2ccccc2)O[C@@H](n2ccc(=O)[nH]c2=O)[C@]1(C)F. The van der Waals surface area contributed by atoms with Gasteiger partial charge in [-0.2, -0.15) is 20.3 Å². The number of halogens is 3. The van der Waals surface area contributed by atoms with Crippen molar-refractivity contribution in [1.82, 2.24) is 49.0 Å². The first-order valence-corrected chi connectivity index (χ1v) is 45.4. The Hall–Kier alpha value is -9.81. The molecule has 20 atom stereocenters. The van der Waals surface area contributed by atoms with Gasteiger partial charge in [0, 0.05) is 36.8 Å². The summed E-state index contributed by atoms with van der Waals surface area (Å²) in [4.78, 5) is 128. The highest BCUT2D eigenvalue weighted by Crippen LogP contribution is 2.57. The maximum atomic E-state index is 17.3. The average molecular weight is 1860 g/mol. The summed E-state index contributed by atoms with van der Waals surface area (Å²) < 4.78 is 190. The van der Waals surface area contributed by atoms with Crippen molar-refractivity contribution in [2.45, 2.75) is 225 Å². The van der Waals surface area contributed by atoms with E-state index in [1.807, 2.05) is 15.0 Å². The van der Waals surface area contributed by atoms with Gasteiger partial charge in [0.15, 0.2) is 35.7 Å². The molecular formula is C78H103F3N10O31P4. The highest BCUT2D eigenvalue weighted by atomic mass is 31.2. The molecule has 6 heterocycles. The molecule has 3 aliphatic heterocycles. The molecule has 41 nitrogen and oxygen atoms in total. The van der Waals surface area contributed by atoms with E-state index in [4.69, 9.17) is 69.3 Å². The van der Waals surface area contributed by atoms with Gasteiger partial charge < -0.3 is 61.5 Å². The van der Waals surface area contributed by atoms with Gasteiger partial charge in [-0.15, -0.1) is 0 Å². The Labute approximate surface area is 719 Å². The molecule has 3 aliphatic rings. The highest BCUT2D eigenvalue weighted by molar-refractivity contribution is 7.53. The van der Waals surface area contributed by atoms with Crippen LogP contribution in [0.1, 0.15) is 123 Å². The van der Waals surface area contributed by atoms with E-state index < -0.39 is 229 Å². The van der Waals surface area contributed by atoms with E-state index in [-0.39, 0.29) is 23.0 Å². The van der Waals surface area contributed by atoms with Gasteiger partial charge in [0.1, 0.15) is 83.8 Å². The van der Waals surface area contributed by atoms with Crippen LogP contribution in [0.4, 0.5) is 13.2 Å². The van der Waals surface area contributed by atoms with Crippen molar-refractivity contribution in [2.24, 2.45) is 0 Å². The van der Waals surface area contributed by atoms with Gasteiger partial charge in [0.05, 0.1) is 44.2 Å². The zero-order valence-electron chi connectivity index (χ0n) is 70.9. The first-order valence-electron chi connectivity index (χ1n) is 39.2. The molecule has 0 saturated carbocycles. The van der Waals surface area contributed by atoms with Crippen LogP contribution in [0.3, 0.4) is 0 Å². The van der Waals surface area contributed by atoms with Gasteiger partial charge >= 0.3 is 71.9 Å². The van der Waals surface area contributed by atoms with E-state index in [0.717, 1.165) is 71.3 Å². The van der Waals surface area contributed by atoms with Crippen LogP contribution >= 0.6 is 31.0 Å². The smallest absolute Gasteiger partial charge is 0.459 e. The maximum absolute atomic E-state index is 17.3. The van der Waals surface area contributed by atoms with Crippen molar-refractivity contribution >= 4 is 54.9 Å². The summed E-state index contributed by atoms with van der Waals surface area (Å²) in [6.07, 6.45) is -14.0. The normalized spacial score (nSPS) is 25.0. The van der Waals surface area contributed by atoms with Crippen molar-refractivity contribution in [3.8, 4) is 23.0 Å². The fourth-order valence-electron chi connectivity index (χ4n) is 12.2. The lowest BCUT2D eigenvalue weighted by atomic mass is 9.98. The van der Waals surface area contributed by atoms with Gasteiger partial charge in [-0.3, -0.25) is 80.3 Å². The van der Waals surface area contributed by atoms with Gasteiger partial charge in [0.2, 0.25) is 0 Å². The number of ether oxygens (including phenoxy) is 7. The van der Waals surface area contributed by atoms with Crippen LogP contribution in [0.15, 0.2) is 187 Å². The largest absolute Gasteiger partial charge is 0.462 e. The van der Waals surface area contributed by atoms with Crippen molar-refractivity contribution < 1.29 is 130 Å². The quantitative estimate of drug-likeness (QED) is 0.0100. The molecule has 3 aromatic heterocycles. The molecule has 4 aromatic carbocycles. The predicted molar refractivity (Wildman–Crippen MR) is 443 cm³/mol. The summed E-state index contributed by atoms with van der Waals surface area (Å²) in [5.74, 6) is -2.77. The minimum absolute atomic E-state index is 0.00525. The number of nitrogens with zero attached hydrogens (tertiary/aromatic N) is 3. The fraction of sp³-hybridized carbons (Fsp3) is 0.487. The summed E-state index contributed by atoms with van der Waals surface area (Å²) in [5, 5.41) is 30.3. The average Bonchev–Trinajstić information content (AvgIpc) is 1.61. The van der Waals surface area contributed by atoms with E-state index in [2.05, 4.69) is 20.3 Å². The number of benzene rings is 4. The molecule has 0 bridgehead atoms. The first kappa shape index (κ1) is 102. The second kappa shape index (κ2) is 43.8. The molecule has 3 fully saturated rings. The molecule has 0 aliphatic carbocycles. The summed E-state index contributed by atoms with van der Waals surface area (Å²) in [6, 6.07) is 29.4. The van der Waals surface area contributed by atoms with E-state index in [1.165, 1.54) is 76.2 Å². The summed E-state index contributed by atoms with van der Waals surface area (Å²) in [6.45, 7) is 19.3. The number of nitrogens with one attached hydrogen (secondary N) is 7. The second-order valence-corrected chi connectivity index (χ2v) is 37.0. The van der Waals surface area contributed by atoms with Crippen LogP contribution in [-0.2, 0) is 88.7 Å². The van der Waals surface area contributed by atoms with E-state index in [1.54, 1.807) is 128 Å². The molecule has 3 unspecified atom stereocenters. The summed E-state index contributed by atoms with van der Waals surface area (Å²) >= 11 is 0. The van der Waals surface area contributed by atoms with Crippen LogP contribution in [0.2, 0.25) is 0 Å². The molecule has 126 heavy (non-hydrogen) atoms. The van der Waals surface area contributed by atoms with Gasteiger partial charge in [-0.25, -0.2) is 45.8 Å². The Morgan fingerprint density at radius 3 is 0.921 bits per heavy atom. The third kappa shape index (κ3) is 27.9. The van der Waals surface area contributed by atoms with Gasteiger partial charge in [0.25, 0.3) is 16.7 Å². The fourth-order valence-corrected chi connectivity index (χ4v) is 18.7. The number of aliphatic hydroxyl groups excluding tert-OH is 2. The lowest BCUT2D eigenvalue weighted by Gasteiger charge is -2.32. The van der Waals surface area contributed by atoms with Crippen molar-refractivity contribution in [1.29, 1.82) is 0 Å². The van der Waals surface area contributed by atoms with Crippen molar-refractivity contribution in [3.05, 3.63) is 221 Å². The highest BCUT2D eigenvalue weighted by Gasteiger charge is 2.62. The zero-order valence-corrected chi connectivity index (χ0v) is 74.5. The van der Waals surface area contributed by atoms with Crippen LogP contribution in [-0.4, -0.2) is 185 Å². The van der Waals surface area contributed by atoms with E-state index >= 15 is 13.2 Å². The van der Waals surface area contributed by atoms with Crippen molar-refractivity contribution in [3.63, 3.8) is 0 Å². The predicted octanol–water partition coefficient (Wildman–Crippen LogP) is 8.11. The lowest BCUT2D eigenvalue weighted by Crippen LogP contribution is -2.46. The van der Waals surface area contributed by atoms with Gasteiger partial charge in [-0.1, -0.05) is 72.8 Å². The molecule has 3 saturated heterocycles. The van der Waals surface area contributed by atoms with Crippen LogP contribution in [0.5, 0.6) is 23.0 Å². The monoisotopic (exact) mass is 1860 g/mol. The molecular weight excluding hydrogens is 1750 g/mol. The summed E-state index contributed by atoms with van der Waals surface area (Å²) in [7, 11) is -18.2. The van der Waals surface area contributed by atoms with Crippen LogP contribution in [0, 0.1) is 0 Å². The van der Waals surface area contributed by atoms with Gasteiger partial charge in [-0.05, 0) is 152 Å². The van der Waals surface area contributed by atoms with Crippen LogP contribution in [0.25, 0.3) is 0 Å². The van der Waals surface area contributed by atoms with E-state index in [9.17, 15) is 76.4 Å². The molecule has 692 valence electrons. The molecule has 0 spiro atoms. The maximum Gasteiger partial charge on any atom is 0.459 e. The topological polar surface area (TPSA) is 528 Å². The molecule has 0 radical (unpaired) electrons. The molecule has 9 N–H and O–H groups in total. The second-order valence-electron chi connectivity index (χ2n) is 30.3. The van der Waals surface area contributed by atoms with E-state index in [0.29, 0.717) is 0 Å². The number of carbonyl (C=O) groups is 4. The zero-order chi connectivity index (χ0) is 93.2. The first-order chi connectivity index (χ1) is 59.0.